The van der Waals surface area contributed by atoms with Crippen molar-refractivity contribution in [1.29, 1.82) is 0 Å². The van der Waals surface area contributed by atoms with E-state index in [2.05, 4.69) is 32.9 Å². The van der Waals surface area contributed by atoms with Crippen LogP contribution < -0.4 is 10.1 Å². The summed E-state index contributed by atoms with van der Waals surface area (Å²) in [5, 5.41) is 3.27. The van der Waals surface area contributed by atoms with E-state index in [0.29, 0.717) is 6.61 Å². The van der Waals surface area contributed by atoms with Crippen LogP contribution in [-0.4, -0.2) is 26.9 Å². The van der Waals surface area contributed by atoms with E-state index in [1.165, 1.54) is 11.7 Å². The van der Waals surface area contributed by atoms with E-state index in [4.69, 9.17) is 4.74 Å². The lowest BCUT2D eigenvalue weighted by molar-refractivity contribution is 0.316. The van der Waals surface area contributed by atoms with Crippen molar-refractivity contribution in [2.24, 2.45) is 0 Å². The number of aromatic nitrogens is 3. The number of hydrogen-bond acceptors (Lipinski definition) is 6. The Morgan fingerprint density at radius 1 is 1.21 bits per heavy atom. The summed E-state index contributed by atoms with van der Waals surface area (Å²) in [6.45, 7) is 5.78. The summed E-state index contributed by atoms with van der Waals surface area (Å²) in [7, 11) is 0. The topological polar surface area (TPSA) is 59.9 Å². The van der Waals surface area contributed by atoms with Gasteiger partial charge in [-0.2, -0.15) is 8.75 Å². The standard InChI is InChI=1S/C13H18N4OS/c1-3-5-15-13-12(16-19-17-13)10-7-11(9-14-8-10)18-6-4-2/h7-9H,3-6H2,1-2H3,(H,15,17). The highest BCUT2D eigenvalue weighted by Crippen LogP contribution is 2.27. The van der Waals surface area contributed by atoms with Gasteiger partial charge in [0, 0.05) is 18.3 Å². The molecule has 1 N–H and O–H groups in total. The first-order valence-corrected chi connectivity index (χ1v) is 7.22. The molecule has 0 aliphatic carbocycles. The monoisotopic (exact) mass is 278 g/mol. The third-order valence-electron chi connectivity index (χ3n) is 2.49. The zero-order chi connectivity index (χ0) is 13.5. The molecule has 0 aromatic carbocycles. The Kier molecular flexibility index (Phi) is 5.09. The Bertz CT molecular complexity index is 515. The van der Waals surface area contributed by atoms with Crippen molar-refractivity contribution in [1.82, 2.24) is 13.7 Å². The molecule has 0 spiro atoms. The Labute approximate surface area is 117 Å². The smallest absolute Gasteiger partial charge is 0.168 e. The molecule has 0 saturated heterocycles. The lowest BCUT2D eigenvalue weighted by Crippen LogP contribution is -2.01. The first kappa shape index (κ1) is 13.7. The lowest BCUT2D eigenvalue weighted by Gasteiger charge is -2.06. The molecule has 6 heteroatoms. The van der Waals surface area contributed by atoms with Gasteiger partial charge in [0.25, 0.3) is 0 Å². The Hall–Kier alpha value is -1.69. The molecule has 102 valence electrons. The van der Waals surface area contributed by atoms with Gasteiger partial charge in [-0.25, -0.2) is 0 Å². The Balaban J connectivity index is 2.18. The summed E-state index contributed by atoms with van der Waals surface area (Å²) in [5.74, 6) is 1.59. The van der Waals surface area contributed by atoms with Gasteiger partial charge in [-0.15, -0.1) is 0 Å². The molecule has 19 heavy (non-hydrogen) atoms. The minimum atomic E-state index is 0.696. The van der Waals surface area contributed by atoms with Gasteiger partial charge in [0.1, 0.15) is 11.4 Å². The molecule has 5 nitrogen and oxygen atoms in total. The second-order valence-electron chi connectivity index (χ2n) is 4.15. The zero-order valence-corrected chi connectivity index (χ0v) is 12.0. The van der Waals surface area contributed by atoms with Crippen LogP contribution >= 0.6 is 11.7 Å². The molecule has 0 radical (unpaired) electrons. The lowest BCUT2D eigenvalue weighted by atomic mass is 10.2. The molecule has 0 atom stereocenters. The third-order valence-corrected chi connectivity index (χ3v) is 3.02. The van der Waals surface area contributed by atoms with E-state index in [1.807, 2.05) is 6.07 Å². The fraction of sp³-hybridized carbons (Fsp3) is 0.462. The van der Waals surface area contributed by atoms with Gasteiger partial charge in [-0.05, 0) is 18.9 Å². The molecular formula is C13H18N4OS. The first-order chi connectivity index (χ1) is 9.35. The van der Waals surface area contributed by atoms with Gasteiger partial charge in [-0.3, -0.25) is 4.98 Å². The number of ether oxygens (including phenoxy) is 1. The summed E-state index contributed by atoms with van der Waals surface area (Å²) in [6.07, 6.45) is 5.53. The van der Waals surface area contributed by atoms with Gasteiger partial charge in [0.15, 0.2) is 5.82 Å². The highest BCUT2D eigenvalue weighted by atomic mass is 32.1. The molecule has 2 aromatic heterocycles. The molecule has 0 saturated carbocycles. The summed E-state index contributed by atoms with van der Waals surface area (Å²) >= 11 is 1.20. The predicted molar refractivity (Wildman–Crippen MR) is 77.7 cm³/mol. The molecular weight excluding hydrogens is 260 g/mol. The zero-order valence-electron chi connectivity index (χ0n) is 11.2. The van der Waals surface area contributed by atoms with Crippen LogP contribution in [0.1, 0.15) is 26.7 Å². The number of nitrogens with one attached hydrogen (secondary N) is 1. The maximum atomic E-state index is 5.59. The molecule has 2 heterocycles. The number of anilines is 1. The third kappa shape index (κ3) is 3.64. The fourth-order valence-corrected chi connectivity index (χ4v) is 2.13. The highest BCUT2D eigenvalue weighted by Gasteiger charge is 2.11. The largest absolute Gasteiger partial charge is 0.492 e. The van der Waals surface area contributed by atoms with Gasteiger partial charge in [0.2, 0.25) is 0 Å². The van der Waals surface area contributed by atoms with E-state index in [9.17, 15) is 0 Å². The summed E-state index contributed by atoms with van der Waals surface area (Å²) in [5.41, 5.74) is 1.77. The van der Waals surface area contributed by atoms with Crippen molar-refractivity contribution in [2.75, 3.05) is 18.5 Å². The van der Waals surface area contributed by atoms with Gasteiger partial charge >= 0.3 is 0 Å². The molecule has 0 bridgehead atoms. The van der Waals surface area contributed by atoms with Crippen LogP contribution in [0.2, 0.25) is 0 Å². The molecule has 0 aliphatic heterocycles. The normalized spacial score (nSPS) is 10.4. The molecule has 0 fully saturated rings. The van der Waals surface area contributed by atoms with Crippen LogP contribution in [-0.2, 0) is 0 Å². The minimum Gasteiger partial charge on any atom is -0.492 e. The quantitative estimate of drug-likeness (QED) is 0.842. The van der Waals surface area contributed by atoms with Crippen LogP contribution in [0, 0.1) is 0 Å². The molecule has 0 amide bonds. The average molecular weight is 278 g/mol. The summed E-state index contributed by atoms with van der Waals surface area (Å²) in [4.78, 5) is 4.20. The van der Waals surface area contributed by atoms with Crippen molar-refractivity contribution in [3.63, 3.8) is 0 Å². The molecule has 0 aliphatic rings. The van der Waals surface area contributed by atoms with E-state index in [0.717, 1.165) is 42.2 Å². The Morgan fingerprint density at radius 2 is 2.11 bits per heavy atom. The van der Waals surface area contributed by atoms with Crippen LogP contribution in [0.15, 0.2) is 18.5 Å². The van der Waals surface area contributed by atoms with Crippen molar-refractivity contribution < 1.29 is 4.74 Å². The molecule has 2 aromatic rings. The highest BCUT2D eigenvalue weighted by molar-refractivity contribution is 6.99. The Morgan fingerprint density at radius 3 is 2.89 bits per heavy atom. The second kappa shape index (κ2) is 7.04. The minimum absolute atomic E-state index is 0.696. The fourth-order valence-electron chi connectivity index (χ4n) is 1.58. The van der Waals surface area contributed by atoms with Crippen LogP contribution in [0.4, 0.5) is 5.82 Å². The number of hydrogen-bond donors (Lipinski definition) is 1. The van der Waals surface area contributed by atoms with Gasteiger partial charge in [-0.1, -0.05) is 13.8 Å². The summed E-state index contributed by atoms with van der Waals surface area (Å²) in [6, 6.07) is 1.95. The van der Waals surface area contributed by atoms with E-state index in [1.54, 1.807) is 12.4 Å². The predicted octanol–water partition coefficient (Wildman–Crippen LogP) is 3.21. The van der Waals surface area contributed by atoms with Gasteiger partial charge in [0.05, 0.1) is 24.5 Å². The number of rotatable bonds is 7. The van der Waals surface area contributed by atoms with Crippen molar-refractivity contribution in [3.8, 4) is 17.0 Å². The maximum Gasteiger partial charge on any atom is 0.168 e. The van der Waals surface area contributed by atoms with Gasteiger partial charge < -0.3 is 10.1 Å². The maximum absolute atomic E-state index is 5.59. The van der Waals surface area contributed by atoms with Crippen molar-refractivity contribution in [3.05, 3.63) is 18.5 Å². The van der Waals surface area contributed by atoms with Crippen molar-refractivity contribution >= 4 is 17.5 Å². The van der Waals surface area contributed by atoms with Crippen LogP contribution in [0.5, 0.6) is 5.75 Å². The van der Waals surface area contributed by atoms with Crippen LogP contribution in [0.25, 0.3) is 11.3 Å². The number of nitrogens with zero attached hydrogens (tertiary/aromatic N) is 3. The van der Waals surface area contributed by atoms with E-state index >= 15 is 0 Å². The van der Waals surface area contributed by atoms with E-state index in [-0.39, 0.29) is 0 Å². The second-order valence-corrected chi connectivity index (χ2v) is 4.67. The van der Waals surface area contributed by atoms with Crippen molar-refractivity contribution in [2.45, 2.75) is 26.7 Å². The SMILES string of the molecule is CCCNc1nsnc1-c1cncc(OCCC)c1. The average Bonchev–Trinajstić information content (AvgIpc) is 2.91. The number of pyridine rings is 1. The van der Waals surface area contributed by atoms with E-state index < -0.39 is 0 Å². The first-order valence-electron chi connectivity index (χ1n) is 6.49. The molecule has 2 rings (SSSR count). The summed E-state index contributed by atoms with van der Waals surface area (Å²) < 4.78 is 14.2. The molecule has 0 unspecified atom stereocenters. The van der Waals surface area contributed by atoms with Crippen LogP contribution in [0.3, 0.4) is 0 Å².